The average Bonchev–Trinajstić information content (AvgIpc) is 3.00. The molecule has 0 saturated carbocycles. The summed E-state index contributed by atoms with van der Waals surface area (Å²) < 4.78 is 5.45. The summed E-state index contributed by atoms with van der Waals surface area (Å²) in [5.41, 5.74) is 4.11. The van der Waals surface area contributed by atoms with Crippen LogP contribution in [0.25, 0.3) is 0 Å². The van der Waals surface area contributed by atoms with E-state index in [2.05, 4.69) is 33.4 Å². The number of halogens is 1. The van der Waals surface area contributed by atoms with Gasteiger partial charge in [-0.05, 0) is 34.9 Å². The van der Waals surface area contributed by atoms with Gasteiger partial charge in [0.1, 0.15) is 5.75 Å². The predicted octanol–water partition coefficient (Wildman–Crippen LogP) is 3.45. The van der Waals surface area contributed by atoms with Crippen molar-refractivity contribution >= 4 is 21.8 Å². The Labute approximate surface area is 132 Å². The van der Waals surface area contributed by atoms with E-state index in [1.807, 2.05) is 30.3 Å². The van der Waals surface area contributed by atoms with Gasteiger partial charge in [0, 0.05) is 23.9 Å². The molecule has 108 valence electrons. The van der Waals surface area contributed by atoms with Gasteiger partial charge in [-0.15, -0.1) is 0 Å². The maximum absolute atomic E-state index is 12.2. The van der Waals surface area contributed by atoms with Crippen LogP contribution in [0.1, 0.15) is 27.0 Å². The second kappa shape index (κ2) is 6.31. The number of carbonyl (C=O) groups excluding carboxylic acids is 1. The zero-order valence-electron chi connectivity index (χ0n) is 11.6. The number of amides is 1. The van der Waals surface area contributed by atoms with Crippen molar-refractivity contribution in [2.45, 2.75) is 18.3 Å². The van der Waals surface area contributed by atoms with Crippen LogP contribution in [-0.4, -0.2) is 12.5 Å². The predicted molar refractivity (Wildman–Crippen MR) is 85.9 cm³/mol. The fourth-order valence-corrected chi connectivity index (χ4v) is 2.78. The lowest BCUT2D eigenvalue weighted by atomic mass is 10.1. The molecule has 1 heterocycles. The summed E-state index contributed by atoms with van der Waals surface area (Å²) in [5, 5.41) is 3.78. The maximum Gasteiger partial charge on any atom is 0.251 e. The van der Waals surface area contributed by atoms with E-state index in [1.165, 1.54) is 5.56 Å². The van der Waals surface area contributed by atoms with Gasteiger partial charge in [-0.3, -0.25) is 4.79 Å². The topological polar surface area (TPSA) is 38.3 Å². The van der Waals surface area contributed by atoms with E-state index in [1.54, 1.807) is 0 Å². The van der Waals surface area contributed by atoms with E-state index in [9.17, 15) is 4.79 Å². The first-order valence-corrected chi connectivity index (χ1v) is 8.06. The van der Waals surface area contributed by atoms with Crippen LogP contribution in [-0.2, 0) is 18.3 Å². The Morgan fingerprint density at radius 1 is 1.19 bits per heavy atom. The first-order chi connectivity index (χ1) is 10.3. The van der Waals surface area contributed by atoms with Crippen molar-refractivity contribution in [2.24, 2.45) is 0 Å². The molecule has 0 aliphatic carbocycles. The fraction of sp³-hybridized carbons (Fsp3) is 0.235. The van der Waals surface area contributed by atoms with Gasteiger partial charge in [0.15, 0.2) is 0 Å². The number of hydrogen-bond acceptors (Lipinski definition) is 2. The van der Waals surface area contributed by atoms with Crippen molar-refractivity contribution in [3.8, 4) is 5.75 Å². The minimum absolute atomic E-state index is 0.0473. The smallest absolute Gasteiger partial charge is 0.251 e. The molecule has 2 aromatic rings. The summed E-state index contributed by atoms with van der Waals surface area (Å²) in [6.07, 6.45) is 0.879. The van der Waals surface area contributed by atoms with Crippen LogP contribution in [0.4, 0.5) is 0 Å². The molecule has 3 rings (SSSR count). The van der Waals surface area contributed by atoms with Gasteiger partial charge in [0.05, 0.1) is 6.61 Å². The lowest BCUT2D eigenvalue weighted by molar-refractivity contribution is 0.0951. The van der Waals surface area contributed by atoms with E-state index in [0.29, 0.717) is 18.7 Å². The standard InChI is InChI=1S/C17H16BrNO2/c18-10-12-2-1-3-13(8-12)11-19-17(20)15-4-5-16-14(9-15)6-7-21-16/h1-5,8-9H,6-7,10-11H2,(H,19,20). The van der Waals surface area contributed by atoms with Gasteiger partial charge in [-0.1, -0.05) is 40.2 Å². The fourth-order valence-electron chi connectivity index (χ4n) is 2.43. The second-order valence-electron chi connectivity index (χ2n) is 5.06. The summed E-state index contributed by atoms with van der Waals surface area (Å²) in [5.74, 6) is 0.852. The molecule has 0 unspecified atom stereocenters. The van der Waals surface area contributed by atoms with Gasteiger partial charge >= 0.3 is 0 Å². The molecule has 0 spiro atoms. The summed E-state index contributed by atoms with van der Waals surface area (Å²) in [4.78, 5) is 12.2. The van der Waals surface area contributed by atoms with E-state index < -0.39 is 0 Å². The van der Waals surface area contributed by atoms with Gasteiger partial charge in [0.2, 0.25) is 0 Å². The van der Waals surface area contributed by atoms with Gasteiger partial charge < -0.3 is 10.1 Å². The highest BCUT2D eigenvalue weighted by atomic mass is 79.9. The number of alkyl halides is 1. The zero-order chi connectivity index (χ0) is 14.7. The van der Waals surface area contributed by atoms with Gasteiger partial charge in [-0.25, -0.2) is 0 Å². The van der Waals surface area contributed by atoms with Crippen LogP contribution in [0.2, 0.25) is 0 Å². The van der Waals surface area contributed by atoms with E-state index in [4.69, 9.17) is 4.74 Å². The third kappa shape index (κ3) is 3.27. The van der Waals surface area contributed by atoms with Gasteiger partial charge in [0.25, 0.3) is 5.91 Å². The molecule has 1 N–H and O–H groups in total. The molecule has 0 saturated heterocycles. The Bertz CT molecular complexity index is 670. The number of ether oxygens (including phenoxy) is 1. The first kappa shape index (κ1) is 14.1. The first-order valence-electron chi connectivity index (χ1n) is 6.94. The Kier molecular flexibility index (Phi) is 4.25. The van der Waals surface area contributed by atoms with Crippen LogP contribution >= 0.6 is 15.9 Å². The molecule has 21 heavy (non-hydrogen) atoms. The molecule has 3 nitrogen and oxygen atoms in total. The largest absolute Gasteiger partial charge is 0.493 e. The zero-order valence-corrected chi connectivity index (χ0v) is 13.2. The van der Waals surface area contributed by atoms with Gasteiger partial charge in [-0.2, -0.15) is 0 Å². The van der Waals surface area contributed by atoms with Crippen LogP contribution in [0.5, 0.6) is 5.75 Å². The lowest BCUT2D eigenvalue weighted by Crippen LogP contribution is -2.22. The quantitative estimate of drug-likeness (QED) is 0.862. The van der Waals surface area contributed by atoms with Crippen molar-refractivity contribution in [3.05, 3.63) is 64.7 Å². The van der Waals surface area contributed by atoms with Crippen LogP contribution < -0.4 is 10.1 Å². The van der Waals surface area contributed by atoms with E-state index in [-0.39, 0.29) is 5.91 Å². The Morgan fingerprint density at radius 2 is 2.05 bits per heavy atom. The summed E-state index contributed by atoms with van der Waals surface area (Å²) in [6, 6.07) is 13.8. The van der Waals surface area contributed by atoms with Crippen LogP contribution in [0.15, 0.2) is 42.5 Å². The molecule has 1 amide bonds. The monoisotopic (exact) mass is 345 g/mol. The Balaban J connectivity index is 1.66. The third-order valence-electron chi connectivity index (χ3n) is 3.55. The normalized spacial score (nSPS) is 12.6. The highest BCUT2D eigenvalue weighted by Gasteiger charge is 2.14. The minimum Gasteiger partial charge on any atom is -0.493 e. The second-order valence-corrected chi connectivity index (χ2v) is 5.62. The average molecular weight is 346 g/mol. The highest BCUT2D eigenvalue weighted by Crippen LogP contribution is 2.25. The van der Waals surface area contributed by atoms with Crippen molar-refractivity contribution in [1.82, 2.24) is 5.32 Å². The van der Waals surface area contributed by atoms with Crippen molar-refractivity contribution < 1.29 is 9.53 Å². The number of nitrogens with one attached hydrogen (secondary N) is 1. The molecule has 0 aromatic heterocycles. The molecular weight excluding hydrogens is 330 g/mol. The molecular formula is C17H16BrNO2. The maximum atomic E-state index is 12.2. The number of benzene rings is 2. The molecule has 0 radical (unpaired) electrons. The van der Waals surface area contributed by atoms with Crippen molar-refractivity contribution in [3.63, 3.8) is 0 Å². The summed E-state index contributed by atoms with van der Waals surface area (Å²) in [7, 11) is 0. The summed E-state index contributed by atoms with van der Waals surface area (Å²) >= 11 is 3.44. The number of fused-ring (bicyclic) bond motifs is 1. The minimum atomic E-state index is -0.0473. The number of carbonyl (C=O) groups is 1. The molecule has 0 atom stereocenters. The van der Waals surface area contributed by atoms with Crippen LogP contribution in [0, 0.1) is 0 Å². The number of hydrogen-bond donors (Lipinski definition) is 1. The molecule has 0 fully saturated rings. The van der Waals surface area contributed by atoms with Crippen molar-refractivity contribution in [2.75, 3.05) is 6.61 Å². The third-order valence-corrected chi connectivity index (χ3v) is 4.20. The SMILES string of the molecule is O=C(NCc1cccc(CBr)c1)c1ccc2c(c1)CCO2. The van der Waals surface area contributed by atoms with Crippen LogP contribution in [0.3, 0.4) is 0 Å². The molecule has 2 aromatic carbocycles. The highest BCUT2D eigenvalue weighted by molar-refractivity contribution is 9.08. The molecule has 1 aliphatic heterocycles. The Morgan fingerprint density at radius 3 is 2.90 bits per heavy atom. The van der Waals surface area contributed by atoms with E-state index >= 15 is 0 Å². The van der Waals surface area contributed by atoms with E-state index in [0.717, 1.165) is 28.6 Å². The van der Waals surface area contributed by atoms with Crippen molar-refractivity contribution in [1.29, 1.82) is 0 Å². The molecule has 1 aliphatic rings. The summed E-state index contributed by atoms with van der Waals surface area (Å²) in [6.45, 7) is 1.24. The number of rotatable bonds is 4. The molecule has 4 heteroatoms. The Hall–Kier alpha value is -1.81. The molecule has 0 bridgehead atoms. The lowest BCUT2D eigenvalue weighted by Gasteiger charge is -2.07.